The van der Waals surface area contributed by atoms with E-state index in [-0.39, 0.29) is 0 Å². The van der Waals surface area contributed by atoms with E-state index in [4.69, 9.17) is 4.74 Å². The van der Waals surface area contributed by atoms with E-state index in [1.165, 1.54) is 37.7 Å². The maximum atomic E-state index is 5.23. The van der Waals surface area contributed by atoms with Crippen LogP contribution in [0.1, 0.15) is 43.7 Å². The van der Waals surface area contributed by atoms with E-state index in [9.17, 15) is 0 Å². The van der Waals surface area contributed by atoms with Crippen LogP contribution in [0, 0.1) is 0 Å². The van der Waals surface area contributed by atoms with Crippen LogP contribution in [0.3, 0.4) is 0 Å². The number of nitrogens with one attached hydrogen (secondary N) is 1. The minimum atomic E-state index is 0.444. The van der Waals surface area contributed by atoms with Crippen molar-refractivity contribution in [2.45, 2.75) is 38.1 Å². The van der Waals surface area contributed by atoms with E-state index in [2.05, 4.69) is 29.6 Å². The van der Waals surface area contributed by atoms with Crippen LogP contribution < -0.4 is 10.1 Å². The van der Waals surface area contributed by atoms with E-state index in [0.717, 1.165) is 12.3 Å². The minimum Gasteiger partial charge on any atom is -0.497 e. The zero-order chi connectivity index (χ0) is 12.4. The lowest BCUT2D eigenvalue weighted by Crippen LogP contribution is -2.31. The number of hydrogen-bond acceptors (Lipinski definition) is 2. The molecule has 2 aliphatic rings. The molecule has 18 heavy (non-hydrogen) atoms. The maximum absolute atomic E-state index is 5.23. The molecule has 0 saturated carbocycles. The van der Waals surface area contributed by atoms with Crippen molar-refractivity contribution in [3.63, 3.8) is 0 Å². The van der Waals surface area contributed by atoms with E-state index in [1.807, 2.05) is 0 Å². The summed E-state index contributed by atoms with van der Waals surface area (Å²) in [5.41, 5.74) is 4.77. The third kappa shape index (κ3) is 2.17. The van der Waals surface area contributed by atoms with Gasteiger partial charge in [-0.05, 0) is 61.9 Å². The first-order valence-electron chi connectivity index (χ1n) is 6.96. The van der Waals surface area contributed by atoms with Crippen LogP contribution >= 0.6 is 0 Å². The van der Waals surface area contributed by atoms with Crippen LogP contribution in [0.25, 0.3) is 0 Å². The molecule has 1 aromatic carbocycles. The quantitative estimate of drug-likeness (QED) is 0.801. The van der Waals surface area contributed by atoms with E-state index in [0.29, 0.717) is 6.04 Å². The standard InChI is InChI=1S/C16H21NO/c1-18-14-8-6-13(7-9-14)16-15-5-3-2-4-12(15)10-11-17-16/h6-9,16-17H,2-5,10-11H2,1H3/t16-/m0/s1. The predicted octanol–water partition coefficient (Wildman–Crippen LogP) is 3.60. The van der Waals surface area contributed by atoms with Gasteiger partial charge in [0.1, 0.15) is 5.75 Å². The first-order chi connectivity index (χ1) is 8.88. The monoisotopic (exact) mass is 243 g/mol. The van der Waals surface area contributed by atoms with Gasteiger partial charge in [0.15, 0.2) is 0 Å². The molecule has 0 saturated heterocycles. The Morgan fingerprint density at radius 3 is 2.61 bits per heavy atom. The third-order valence-electron chi connectivity index (χ3n) is 4.20. The minimum absolute atomic E-state index is 0.444. The Balaban J connectivity index is 1.89. The molecular formula is C16H21NO. The lowest BCUT2D eigenvalue weighted by molar-refractivity contribution is 0.414. The molecule has 1 aliphatic carbocycles. The van der Waals surface area contributed by atoms with Gasteiger partial charge in [-0.3, -0.25) is 0 Å². The maximum Gasteiger partial charge on any atom is 0.118 e. The van der Waals surface area contributed by atoms with Crippen LogP contribution in [-0.2, 0) is 0 Å². The fourth-order valence-corrected chi connectivity index (χ4v) is 3.23. The normalized spacial score (nSPS) is 23.7. The Bertz CT molecular complexity index is 443. The molecule has 0 unspecified atom stereocenters. The van der Waals surface area contributed by atoms with Crippen molar-refractivity contribution in [1.29, 1.82) is 0 Å². The van der Waals surface area contributed by atoms with Crippen molar-refractivity contribution >= 4 is 0 Å². The van der Waals surface area contributed by atoms with Gasteiger partial charge in [-0.2, -0.15) is 0 Å². The van der Waals surface area contributed by atoms with Gasteiger partial charge in [-0.25, -0.2) is 0 Å². The topological polar surface area (TPSA) is 21.3 Å². The summed E-state index contributed by atoms with van der Waals surface area (Å²) in [6, 6.07) is 8.96. The van der Waals surface area contributed by atoms with Crippen molar-refractivity contribution in [2.24, 2.45) is 0 Å². The summed E-state index contributed by atoms with van der Waals surface area (Å²) in [7, 11) is 1.72. The van der Waals surface area contributed by atoms with Crippen LogP contribution in [0.4, 0.5) is 0 Å². The molecule has 1 N–H and O–H groups in total. The van der Waals surface area contributed by atoms with Gasteiger partial charge in [-0.15, -0.1) is 0 Å². The highest BCUT2D eigenvalue weighted by atomic mass is 16.5. The number of benzene rings is 1. The average Bonchev–Trinajstić information content (AvgIpc) is 2.47. The van der Waals surface area contributed by atoms with Crippen molar-refractivity contribution in [2.75, 3.05) is 13.7 Å². The van der Waals surface area contributed by atoms with Gasteiger partial charge in [0.25, 0.3) is 0 Å². The van der Waals surface area contributed by atoms with E-state index < -0.39 is 0 Å². The smallest absolute Gasteiger partial charge is 0.118 e. The second-order valence-electron chi connectivity index (χ2n) is 5.25. The van der Waals surface area contributed by atoms with Crippen LogP contribution in [0.5, 0.6) is 5.75 Å². The highest BCUT2D eigenvalue weighted by molar-refractivity contribution is 5.37. The largest absolute Gasteiger partial charge is 0.497 e. The lowest BCUT2D eigenvalue weighted by Gasteiger charge is -2.33. The first kappa shape index (κ1) is 11.8. The second kappa shape index (κ2) is 5.15. The van der Waals surface area contributed by atoms with Crippen molar-refractivity contribution in [1.82, 2.24) is 5.32 Å². The fraction of sp³-hybridized carbons (Fsp3) is 0.500. The average molecular weight is 243 g/mol. The van der Waals surface area contributed by atoms with Crippen molar-refractivity contribution in [3.8, 4) is 5.75 Å². The molecule has 0 amide bonds. The number of ether oxygens (including phenoxy) is 1. The molecule has 96 valence electrons. The van der Waals surface area contributed by atoms with Gasteiger partial charge >= 0.3 is 0 Å². The van der Waals surface area contributed by atoms with E-state index in [1.54, 1.807) is 18.3 Å². The van der Waals surface area contributed by atoms with Crippen LogP contribution in [-0.4, -0.2) is 13.7 Å². The Labute approximate surface area is 109 Å². The Morgan fingerprint density at radius 2 is 1.83 bits per heavy atom. The Kier molecular flexibility index (Phi) is 3.37. The molecule has 2 nitrogen and oxygen atoms in total. The highest BCUT2D eigenvalue weighted by Crippen LogP contribution is 2.38. The molecule has 1 aliphatic heterocycles. The molecule has 0 aromatic heterocycles. The van der Waals surface area contributed by atoms with Gasteiger partial charge < -0.3 is 10.1 Å². The zero-order valence-corrected chi connectivity index (χ0v) is 11.0. The second-order valence-corrected chi connectivity index (χ2v) is 5.25. The summed E-state index contributed by atoms with van der Waals surface area (Å²) in [6.07, 6.45) is 6.59. The molecule has 1 aromatic rings. The summed E-state index contributed by atoms with van der Waals surface area (Å²) >= 11 is 0. The summed E-state index contributed by atoms with van der Waals surface area (Å²) < 4.78 is 5.23. The molecular weight excluding hydrogens is 222 g/mol. The van der Waals surface area contributed by atoms with Gasteiger partial charge in [0.05, 0.1) is 13.2 Å². The summed E-state index contributed by atoms with van der Waals surface area (Å²) in [4.78, 5) is 0. The Hall–Kier alpha value is -1.28. The lowest BCUT2D eigenvalue weighted by atomic mass is 9.81. The highest BCUT2D eigenvalue weighted by Gasteiger charge is 2.25. The van der Waals surface area contributed by atoms with E-state index >= 15 is 0 Å². The summed E-state index contributed by atoms with van der Waals surface area (Å²) in [6.45, 7) is 1.12. The third-order valence-corrected chi connectivity index (χ3v) is 4.20. The molecule has 3 rings (SSSR count). The zero-order valence-electron chi connectivity index (χ0n) is 11.0. The molecule has 0 bridgehead atoms. The predicted molar refractivity (Wildman–Crippen MR) is 73.8 cm³/mol. The number of methoxy groups -OCH3 is 1. The molecule has 0 spiro atoms. The molecule has 2 heteroatoms. The van der Waals surface area contributed by atoms with Gasteiger partial charge in [0, 0.05) is 0 Å². The molecule has 1 heterocycles. The first-order valence-corrected chi connectivity index (χ1v) is 6.96. The molecule has 1 atom stereocenters. The molecule has 0 fully saturated rings. The van der Waals surface area contributed by atoms with Crippen LogP contribution in [0.2, 0.25) is 0 Å². The van der Waals surface area contributed by atoms with Crippen LogP contribution in [0.15, 0.2) is 35.4 Å². The fourth-order valence-electron chi connectivity index (χ4n) is 3.23. The molecule has 0 radical (unpaired) electrons. The Morgan fingerprint density at radius 1 is 1.06 bits per heavy atom. The summed E-state index contributed by atoms with van der Waals surface area (Å²) in [5.74, 6) is 0.937. The van der Waals surface area contributed by atoms with Crippen molar-refractivity contribution in [3.05, 3.63) is 41.0 Å². The number of rotatable bonds is 2. The van der Waals surface area contributed by atoms with Gasteiger partial charge in [-0.1, -0.05) is 17.7 Å². The van der Waals surface area contributed by atoms with Crippen molar-refractivity contribution < 1.29 is 4.74 Å². The SMILES string of the molecule is COc1ccc([C@@H]2NCCC3=C2CCCC3)cc1. The summed E-state index contributed by atoms with van der Waals surface area (Å²) in [5, 5.41) is 3.67. The van der Waals surface area contributed by atoms with Gasteiger partial charge in [0.2, 0.25) is 0 Å². The number of hydrogen-bond donors (Lipinski definition) is 1.